The zero-order chi connectivity index (χ0) is 18.6. The van der Waals surface area contributed by atoms with E-state index in [1.807, 2.05) is 4.90 Å². The lowest BCUT2D eigenvalue weighted by Crippen LogP contribution is -2.35. The molecule has 0 aliphatic carbocycles. The first-order chi connectivity index (χ1) is 13.2. The molecule has 0 atom stereocenters. The topological polar surface area (TPSA) is 55.3 Å². The van der Waals surface area contributed by atoms with Gasteiger partial charge < -0.3 is 9.64 Å². The molecule has 3 heterocycles. The van der Waals surface area contributed by atoms with Gasteiger partial charge in [-0.2, -0.15) is 0 Å². The Morgan fingerprint density at radius 2 is 1.85 bits per heavy atom. The fourth-order valence-electron chi connectivity index (χ4n) is 3.44. The van der Waals surface area contributed by atoms with Crippen molar-refractivity contribution in [2.45, 2.75) is 32.6 Å². The first-order valence-corrected chi connectivity index (χ1v) is 10.3. The summed E-state index contributed by atoms with van der Waals surface area (Å²) in [5.41, 5.74) is 3.37. The van der Waals surface area contributed by atoms with Crippen LogP contribution in [-0.2, 0) is 4.79 Å². The Bertz CT molecular complexity index is 928. The normalized spacial score (nSPS) is 14.9. The molecule has 0 bridgehead atoms. The molecule has 0 N–H and O–H groups in total. The van der Waals surface area contributed by atoms with E-state index in [0.29, 0.717) is 5.88 Å². The van der Waals surface area contributed by atoms with Gasteiger partial charge in [0.15, 0.2) is 6.61 Å². The van der Waals surface area contributed by atoms with E-state index in [2.05, 4.69) is 46.5 Å². The summed E-state index contributed by atoms with van der Waals surface area (Å²) in [6, 6.07) is 8.37. The van der Waals surface area contributed by atoms with Gasteiger partial charge in [0, 0.05) is 24.0 Å². The van der Waals surface area contributed by atoms with E-state index in [9.17, 15) is 4.79 Å². The SMILES string of the molecule is Cc1ccc(-c2csc3ncnc(OCC(=O)N4CCCCCC4)c23)cc1. The third-order valence-corrected chi connectivity index (χ3v) is 5.88. The van der Waals surface area contributed by atoms with Crippen LogP contribution in [0.4, 0.5) is 0 Å². The minimum atomic E-state index is 0.0231. The standard InChI is InChI=1S/C21H23N3O2S/c1-15-6-8-16(9-7-15)17-13-27-21-19(17)20(22-14-23-21)26-12-18(25)24-10-4-2-3-5-11-24/h6-9,13-14H,2-5,10-12H2,1H3. The van der Waals surface area contributed by atoms with Gasteiger partial charge in [-0.1, -0.05) is 42.7 Å². The zero-order valence-corrected chi connectivity index (χ0v) is 16.3. The predicted octanol–water partition coefficient (Wildman–Crippen LogP) is 4.45. The number of carbonyl (C=O) groups is 1. The Morgan fingerprint density at radius 1 is 1.11 bits per heavy atom. The zero-order valence-electron chi connectivity index (χ0n) is 15.5. The molecule has 1 saturated heterocycles. The molecule has 1 aliphatic rings. The second-order valence-corrected chi connectivity index (χ2v) is 7.82. The number of hydrogen-bond acceptors (Lipinski definition) is 5. The van der Waals surface area contributed by atoms with E-state index in [4.69, 9.17) is 4.74 Å². The molecule has 27 heavy (non-hydrogen) atoms. The number of thiophene rings is 1. The van der Waals surface area contributed by atoms with Crippen LogP contribution < -0.4 is 4.74 Å². The lowest BCUT2D eigenvalue weighted by Gasteiger charge is -2.20. The minimum Gasteiger partial charge on any atom is -0.467 e. The van der Waals surface area contributed by atoms with Crippen molar-refractivity contribution in [1.82, 2.24) is 14.9 Å². The van der Waals surface area contributed by atoms with Crippen molar-refractivity contribution in [3.8, 4) is 17.0 Å². The summed E-state index contributed by atoms with van der Waals surface area (Å²) in [5.74, 6) is 0.524. The van der Waals surface area contributed by atoms with Crippen molar-refractivity contribution in [2.24, 2.45) is 0 Å². The van der Waals surface area contributed by atoms with E-state index in [-0.39, 0.29) is 12.5 Å². The summed E-state index contributed by atoms with van der Waals surface area (Å²) in [7, 11) is 0. The Balaban J connectivity index is 1.57. The van der Waals surface area contributed by atoms with Gasteiger partial charge >= 0.3 is 0 Å². The summed E-state index contributed by atoms with van der Waals surface area (Å²) in [5, 5.41) is 2.96. The van der Waals surface area contributed by atoms with Crippen LogP contribution >= 0.6 is 11.3 Å². The number of aryl methyl sites for hydroxylation is 1. The van der Waals surface area contributed by atoms with Crippen LogP contribution in [0.15, 0.2) is 36.0 Å². The van der Waals surface area contributed by atoms with E-state index < -0.39 is 0 Å². The third kappa shape index (κ3) is 3.95. The molecule has 0 radical (unpaired) electrons. The number of likely N-dealkylation sites (tertiary alicyclic amines) is 1. The van der Waals surface area contributed by atoms with Gasteiger partial charge in [-0.3, -0.25) is 4.79 Å². The minimum absolute atomic E-state index is 0.0231. The Labute approximate surface area is 163 Å². The first-order valence-electron chi connectivity index (χ1n) is 9.42. The van der Waals surface area contributed by atoms with Crippen LogP contribution in [0.3, 0.4) is 0 Å². The second-order valence-electron chi connectivity index (χ2n) is 6.96. The van der Waals surface area contributed by atoms with Crippen LogP contribution in [0.1, 0.15) is 31.2 Å². The summed E-state index contributed by atoms with van der Waals surface area (Å²) < 4.78 is 5.88. The number of benzene rings is 1. The number of aromatic nitrogens is 2. The van der Waals surface area contributed by atoms with E-state index in [1.165, 1.54) is 24.7 Å². The Hall–Kier alpha value is -2.47. The highest BCUT2D eigenvalue weighted by Crippen LogP contribution is 2.37. The highest BCUT2D eigenvalue weighted by atomic mass is 32.1. The molecule has 0 saturated carbocycles. The number of rotatable bonds is 4. The van der Waals surface area contributed by atoms with E-state index in [0.717, 1.165) is 47.3 Å². The third-order valence-electron chi connectivity index (χ3n) is 4.99. The smallest absolute Gasteiger partial charge is 0.260 e. The van der Waals surface area contributed by atoms with Gasteiger partial charge in [0.2, 0.25) is 5.88 Å². The van der Waals surface area contributed by atoms with Gasteiger partial charge in [0.25, 0.3) is 5.91 Å². The van der Waals surface area contributed by atoms with Crippen LogP contribution in [0.2, 0.25) is 0 Å². The summed E-state index contributed by atoms with van der Waals surface area (Å²) in [6.45, 7) is 3.75. The van der Waals surface area contributed by atoms with Crippen molar-refractivity contribution < 1.29 is 9.53 Å². The molecule has 1 aromatic carbocycles. The molecule has 5 nitrogen and oxygen atoms in total. The number of hydrogen-bond donors (Lipinski definition) is 0. The van der Waals surface area contributed by atoms with Crippen molar-refractivity contribution >= 4 is 27.5 Å². The lowest BCUT2D eigenvalue weighted by molar-refractivity contribution is -0.133. The number of nitrogens with zero attached hydrogens (tertiary/aromatic N) is 3. The fraction of sp³-hybridized carbons (Fsp3) is 0.381. The molecule has 1 amide bonds. The van der Waals surface area contributed by atoms with E-state index >= 15 is 0 Å². The molecule has 6 heteroatoms. The molecular weight excluding hydrogens is 358 g/mol. The van der Waals surface area contributed by atoms with Gasteiger partial charge in [-0.25, -0.2) is 9.97 Å². The number of ether oxygens (including phenoxy) is 1. The average Bonchev–Trinajstić information content (AvgIpc) is 2.94. The number of carbonyl (C=O) groups excluding carboxylic acids is 1. The van der Waals surface area contributed by atoms with Crippen molar-refractivity contribution in [3.63, 3.8) is 0 Å². The molecule has 1 aliphatic heterocycles. The van der Waals surface area contributed by atoms with Gasteiger partial charge in [0.05, 0.1) is 5.39 Å². The quantitative estimate of drug-likeness (QED) is 0.670. The van der Waals surface area contributed by atoms with Gasteiger partial charge in [0.1, 0.15) is 11.2 Å². The maximum atomic E-state index is 12.6. The Kier molecular flexibility index (Phi) is 5.34. The fourth-order valence-corrected chi connectivity index (χ4v) is 4.35. The van der Waals surface area contributed by atoms with Gasteiger partial charge in [-0.05, 0) is 25.3 Å². The lowest BCUT2D eigenvalue weighted by atomic mass is 10.0. The van der Waals surface area contributed by atoms with Crippen LogP contribution in [0.5, 0.6) is 5.88 Å². The summed E-state index contributed by atoms with van der Waals surface area (Å²) in [6.07, 6.45) is 6.05. The van der Waals surface area contributed by atoms with Crippen molar-refractivity contribution in [1.29, 1.82) is 0 Å². The molecule has 0 unspecified atom stereocenters. The second kappa shape index (κ2) is 8.05. The highest BCUT2D eigenvalue weighted by Gasteiger charge is 2.19. The molecule has 3 aromatic rings. The maximum absolute atomic E-state index is 12.6. The average molecular weight is 382 g/mol. The van der Waals surface area contributed by atoms with Gasteiger partial charge in [-0.15, -0.1) is 11.3 Å². The monoisotopic (exact) mass is 381 g/mol. The maximum Gasteiger partial charge on any atom is 0.260 e. The first kappa shape index (κ1) is 17.9. The van der Waals surface area contributed by atoms with Crippen LogP contribution in [-0.4, -0.2) is 40.5 Å². The molecule has 1 fully saturated rings. The predicted molar refractivity (Wildman–Crippen MR) is 108 cm³/mol. The largest absolute Gasteiger partial charge is 0.467 e. The molecule has 2 aromatic heterocycles. The number of amides is 1. The Morgan fingerprint density at radius 3 is 2.59 bits per heavy atom. The summed E-state index contributed by atoms with van der Waals surface area (Å²) in [4.78, 5) is 24.0. The molecular formula is C21H23N3O2S. The van der Waals surface area contributed by atoms with Crippen LogP contribution in [0.25, 0.3) is 21.3 Å². The van der Waals surface area contributed by atoms with E-state index in [1.54, 1.807) is 11.3 Å². The highest BCUT2D eigenvalue weighted by molar-refractivity contribution is 7.17. The van der Waals surface area contributed by atoms with Crippen molar-refractivity contribution in [2.75, 3.05) is 19.7 Å². The van der Waals surface area contributed by atoms with Crippen molar-refractivity contribution in [3.05, 3.63) is 41.5 Å². The molecule has 140 valence electrons. The van der Waals surface area contributed by atoms with Crippen LogP contribution in [0, 0.1) is 6.92 Å². The number of fused-ring (bicyclic) bond motifs is 1. The molecule has 4 rings (SSSR count). The summed E-state index contributed by atoms with van der Waals surface area (Å²) >= 11 is 1.57. The molecule has 0 spiro atoms.